The van der Waals surface area contributed by atoms with Crippen LogP contribution in [-0.4, -0.2) is 31.9 Å². The molecule has 0 saturated carbocycles. The molecule has 0 aromatic heterocycles. The molecule has 0 fully saturated rings. The predicted octanol–water partition coefficient (Wildman–Crippen LogP) is 7.60. The van der Waals surface area contributed by atoms with E-state index in [1.54, 1.807) is 0 Å². The molecule has 0 bridgehead atoms. The maximum Gasteiger partial charge on any atom is 0.762 e. The minimum Gasteiger partial charge on any atom is -1.00 e. The van der Waals surface area contributed by atoms with Crippen LogP contribution in [0.15, 0.2) is 130 Å². The SMILES string of the molecule is CN1/C(=C/C=C2CCCC(/C=C/C3=[N+](C)c4ccccc4C3(C)C)=C2Sc2ccccc2)C(C)(C)c2ccccc21.FB(F)F.[F-]. The Bertz CT molecular complexity index is 1720. The van der Waals surface area contributed by atoms with Gasteiger partial charge in [0.25, 0.3) is 0 Å². The summed E-state index contributed by atoms with van der Waals surface area (Å²) in [6.45, 7) is 9.39. The number of likely N-dealkylation sites (N-methyl/N-ethyl adjacent to an activating group) is 1. The lowest BCUT2D eigenvalue weighted by atomic mass is 9.81. The van der Waals surface area contributed by atoms with Crippen LogP contribution in [0.1, 0.15) is 58.1 Å². The van der Waals surface area contributed by atoms with Gasteiger partial charge >= 0.3 is 7.54 Å². The molecule has 3 aromatic carbocycles. The standard InChI is InChI=1S/C38H41N2S.BF3.FH/c1-37(2)30-19-10-12-21-32(30)39(5)34(37)25-23-27-15-14-16-28(36(27)41-29-17-8-7-9-18-29)24-26-35-38(3,4)31-20-11-13-22-33(31)40(35)6;2-1(3)4;/h7-13,17-26H,14-16H2,1-6H3;;1H/q+1;;/p-1. The van der Waals surface area contributed by atoms with Gasteiger partial charge in [-0.1, -0.05) is 92.4 Å². The van der Waals surface area contributed by atoms with E-state index >= 15 is 0 Å². The molecular formula is C38H41BF4N2S. The molecule has 6 rings (SSSR count). The second-order valence-corrected chi connectivity index (χ2v) is 13.8. The molecule has 2 nitrogen and oxygen atoms in total. The molecular weight excluding hydrogens is 603 g/mol. The van der Waals surface area contributed by atoms with Crippen molar-refractivity contribution >= 4 is 36.4 Å². The summed E-state index contributed by atoms with van der Waals surface area (Å²) in [7, 11) is 0.745. The minimum absolute atomic E-state index is 0. The van der Waals surface area contributed by atoms with Crippen LogP contribution in [0, 0.1) is 0 Å². The van der Waals surface area contributed by atoms with Gasteiger partial charge in [0.15, 0.2) is 5.71 Å². The van der Waals surface area contributed by atoms with Crippen LogP contribution in [-0.2, 0) is 10.8 Å². The lowest BCUT2D eigenvalue weighted by Gasteiger charge is -2.25. The number of hydrogen-bond donors (Lipinski definition) is 0. The van der Waals surface area contributed by atoms with E-state index < -0.39 is 7.54 Å². The van der Waals surface area contributed by atoms with Gasteiger partial charge in [-0.15, -0.1) is 0 Å². The first kappa shape index (κ1) is 35.1. The normalized spacial score (nSPS) is 19.6. The highest BCUT2D eigenvalue weighted by Crippen LogP contribution is 2.47. The summed E-state index contributed by atoms with van der Waals surface area (Å²) in [5, 5.41) is 0. The van der Waals surface area contributed by atoms with Crippen molar-refractivity contribution in [3.63, 3.8) is 0 Å². The molecule has 3 aliphatic rings. The number of fused-ring (bicyclic) bond motifs is 2. The number of allylic oxidation sites excluding steroid dienone is 7. The lowest BCUT2D eigenvalue weighted by molar-refractivity contribution is -0.401. The zero-order valence-electron chi connectivity index (χ0n) is 27.3. The molecule has 0 spiro atoms. The molecule has 2 aliphatic heterocycles. The zero-order valence-corrected chi connectivity index (χ0v) is 28.1. The molecule has 240 valence electrons. The van der Waals surface area contributed by atoms with Crippen molar-refractivity contribution < 1.29 is 22.2 Å². The summed E-state index contributed by atoms with van der Waals surface area (Å²) < 4.78 is 31.4. The molecule has 46 heavy (non-hydrogen) atoms. The average Bonchev–Trinajstić information content (AvgIpc) is 3.33. The van der Waals surface area contributed by atoms with Gasteiger partial charge in [-0.3, -0.25) is 12.9 Å². The first-order valence-corrected chi connectivity index (χ1v) is 16.3. The number of halogens is 4. The first-order valence-electron chi connectivity index (χ1n) is 15.4. The van der Waals surface area contributed by atoms with Crippen LogP contribution in [0.2, 0.25) is 0 Å². The summed E-state index contributed by atoms with van der Waals surface area (Å²) in [6, 6.07) is 28.5. The number of anilines is 1. The van der Waals surface area contributed by atoms with Gasteiger partial charge in [0.1, 0.15) is 7.05 Å². The Morgan fingerprint density at radius 1 is 0.783 bits per heavy atom. The van der Waals surface area contributed by atoms with E-state index in [0.29, 0.717) is 0 Å². The highest BCUT2D eigenvalue weighted by molar-refractivity contribution is 8.03. The van der Waals surface area contributed by atoms with Crippen molar-refractivity contribution in [1.82, 2.24) is 0 Å². The summed E-state index contributed by atoms with van der Waals surface area (Å²) in [5.74, 6) is 0. The highest BCUT2D eigenvalue weighted by atomic mass is 32.2. The van der Waals surface area contributed by atoms with Crippen molar-refractivity contribution in [3.05, 3.63) is 136 Å². The summed E-state index contributed by atoms with van der Waals surface area (Å²) in [6.07, 6.45) is 12.9. The third-order valence-corrected chi connectivity index (χ3v) is 10.4. The van der Waals surface area contributed by atoms with Crippen LogP contribution in [0.4, 0.5) is 24.3 Å². The molecule has 0 atom stereocenters. The Morgan fingerprint density at radius 3 is 2.04 bits per heavy atom. The monoisotopic (exact) mass is 644 g/mol. The third-order valence-electron chi connectivity index (χ3n) is 9.20. The second kappa shape index (κ2) is 14.3. The van der Waals surface area contributed by atoms with Gasteiger partial charge in [0.05, 0.1) is 5.41 Å². The third kappa shape index (κ3) is 6.97. The quantitative estimate of drug-likeness (QED) is 0.160. The number of nitrogens with zero attached hydrogens (tertiary/aromatic N) is 2. The molecule has 3 aromatic rings. The van der Waals surface area contributed by atoms with E-state index in [2.05, 4.69) is 154 Å². The first-order chi connectivity index (χ1) is 21.4. The van der Waals surface area contributed by atoms with E-state index in [9.17, 15) is 12.9 Å². The van der Waals surface area contributed by atoms with E-state index in [1.165, 1.54) is 61.3 Å². The van der Waals surface area contributed by atoms with Gasteiger partial charge in [-0.25, -0.2) is 0 Å². The summed E-state index contributed by atoms with van der Waals surface area (Å²) in [4.78, 5) is 5.07. The Labute approximate surface area is 275 Å². The number of rotatable bonds is 5. The molecule has 0 radical (unpaired) electrons. The van der Waals surface area contributed by atoms with E-state index in [-0.39, 0.29) is 15.5 Å². The van der Waals surface area contributed by atoms with E-state index in [4.69, 9.17) is 0 Å². The molecule has 0 amide bonds. The fourth-order valence-electron chi connectivity index (χ4n) is 6.92. The van der Waals surface area contributed by atoms with E-state index in [1.807, 2.05) is 11.8 Å². The Kier molecular flexibility index (Phi) is 10.9. The Balaban J connectivity index is 0.000000909. The molecule has 2 heterocycles. The number of benzene rings is 3. The number of hydrogen-bond acceptors (Lipinski definition) is 2. The maximum absolute atomic E-state index is 9.67. The molecule has 1 aliphatic carbocycles. The Hall–Kier alpha value is -3.78. The summed E-state index contributed by atoms with van der Waals surface area (Å²) in [5.41, 5.74) is 10.9. The van der Waals surface area contributed by atoms with E-state index in [0.717, 1.165) is 12.8 Å². The van der Waals surface area contributed by atoms with Crippen LogP contribution < -0.4 is 9.60 Å². The fourth-order valence-corrected chi connectivity index (χ4v) is 8.05. The van der Waals surface area contributed by atoms with Crippen LogP contribution in [0.25, 0.3) is 0 Å². The van der Waals surface area contributed by atoms with Gasteiger partial charge < -0.3 is 9.60 Å². The number of thioether (sulfide) groups is 1. The van der Waals surface area contributed by atoms with Crippen molar-refractivity contribution in [2.24, 2.45) is 0 Å². The average molecular weight is 645 g/mol. The van der Waals surface area contributed by atoms with Crippen LogP contribution in [0.5, 0.6) is 0 Å². The van der Waals surface area contributed by atoms with Gasteiger partial charge in [-0.2, -0.15) is 4.58 Å². The van der Waals surface area contributed by atoms with Crippen molar-refractivity contribution in [3.8, 4) is 0 Å². The smallest absolute Gasteiger partial charge is 0.762 e. The van der Waals surface area contributed by atoms with Crippen molar-refractivity contribution in [1.29, 1.82) is 0 Å². The van der Waals surface area contributed by atoms with Crippen LogP contribution in [0.3, 0.4) is 0 Å². The highest BCUT2D eigenvalue weighted by Gasteiger charge is 2.42. The van der Waals surface area contributed by atoms with Gasteiger partial charge in [0, 0.05) is 51.4 Å². The zero-order chi connectivity index (χ0) is 32.4. The molecule has 8 heteroatoms. The summed E-state index contributed by atoms with van der Waals surface area (Å²) >= 11 is 1.92. The lowest BCUT2D eigenvalue weighted by Crippen LogP contribution is -3.00. The van der Waals surface area contributed by atoms with Crippen molar-refractivity contribution in [2.45, 2.75) is 62.7 Å². The van der Waals surface area contributed by atoms with Crippen molar-refractivity contribution in [2.75, 3.05) is 19.0 Å². The van der Waals surface area contributed by atoms with Crippen LogP contribution >= 0.6 is 11.8 Å². The molecule has 0 N–H and O–H groups in total. The number of para-hydroxylation sites is 2. The maximum atomic E-state index is 9.67. The molecule has 0 unspecified atom stereocenters. The minimum atomic E-state index is -3.67. The predicted molar refractivity (Wildman–Crippen MR) is 186 cm³/mol. The Morgan fingerprint density at radius 2 is 1.39 bits per heavy atom. The molecule has 0 saturated heterocycles. The second-order valence-electron chi connectivity index (χ2n) is 12.7. The topological polar surface area (TPSA) is 6.25 Å². The largest absolute Gasteiger partial charge is 1.00 e. The van der Waals surface area contributed by atoms with Gasteiger partial charge in [0.2, 0.25) is 5.69 Å². The van der Waals surface area contributed by atoms with Gasteiger partial charge in [-0.05, 0) is 74.1 Å². The fraction of sp³-hybridized carbons (Fsp3) is 0.289.